The molecule has 6 heteroatoms. The van der Waals surface area contributed by atoms with Crippen LogP contribution in [0.1, 0.15) is 31.9 Å². The van der Waals surface area contributed by atoms with Crippen molar-refractivity contribution in [3.05, 3.63) is 30.0 Å². The van der Waals surface area contributed by atoms with Gasteiger partial charge in [-0.3, -0.25) is 4.98 Å². The van der Waals surface area contributed by atoms with Crippen molar-refractivity contribution in [3.63, 3.8) is 0 Å². The van der Waals surface area contributed by atoms with E-state index in [1.165, 1.54) is 0 Å². The molecule has 3 unspecified atom stereocenters. The summed E-state index contributed by atoms with van der Waals surface area (Å²) in [6, 6.07) is 7.62. The van der Waals surface area contributed by atoms with Crippen LogP contribution in [0.25, 0.3) is 10.9 Å². The Labute approximate surface area is 140 Å². The smallest absolute Gasteiger partial charge is 0.373 e. The van der Waals surface area contributed by atoms with Gasteiger partial charge in [0.15, 0.2) is 0 Å². The number of aliphatic hydroxyl groups excluding tert-OH is 1. The van der Waals surface area contributed by atoms with E-state index in [1.54, 1.807) is 0 Å². The maximum Gasteiger partial charge on any atom is 0.373 e. The second-order valence-corrected chi connectivity index (χ2v) is 6.14. The third-order valence-electron chi connectivity index (χ3n) is 4.34. The van der Waals surface area contributed by atoms with E-state index in [4.69, 9.17) is 20.1 Å². The van der Waals surface area contributed by atoms with Crippen LogP contribution in [-0.4, -0.2) is 28.4 Å². The number of anilines is 1. The van der Waals surface area contributed by atoms with Gasteiger partial charge in [0.2, 0.25) is 0 Å². The van der Waals surface area contributed by atoms with Gasteiger partial charge in [-0.1, -0.05) is 13.0 Å². The highest BCUT2D eigenvalue weighted by Crippen LogP contribution is 2.34. The molecule has 3 atom stereocenters. The van der Waals surface area contributed by atoms with Crippen LogP contribution in [0.2, 0.25) is 0 Å². The van der Waals surface area contributed by atoms with Gasteiger partial charge in [-0.15, -0.1) is 0 Å². The zero-order chi connectivity index (χ0) is 17.7. The van der Waals surface area contributed by atoms with Gasteiger partial charge < -0.3 is 15.6 Å². The molecular weight excluding hydrogens is 308 g/mol. The zero-order valence-electron chi connectivity index (χ0n) is 13.9. The molecule has 1 aliphatic carbocycles. The lowest BCUT2D eigenvalue weighted by Crippen LogP contribution is -2.40. The number of benzene rings is 1. The van der Waals surface area contributed by atoms with Crippen LogP contribution in [-0.2, 0) is 9.59 Å². The van der Waals surface area contributed by atoms with Gasteiger partial charge in [-0.05, 0) is 50.3 Å². The number of fused-ring (bicyclic) bond motifs is 1. The van der Waals surface area contributed by atoms with Gasteiger partial charge in [0.05, 0.1) is 17.0 Å². The summed E-state index contributed by atoms with van der Waals surface area (Å²) in [4.78, 5) is 20.8. The highest BCUT2D eigenvalue weighted by molar-refractivity contribution is 5.95. The minimum Gasteiger partial charge on any atom is -0.487 e. The molecule has 1 aromatic heterocycles. The first-order valence-electron chi connectivity index (χ1n) is 7.97. The number of rotatable bonds is 2. The van der Waals surface area contributed by atoms with Gasteiger partial charge in [0.25, 0.3) is 0 Å². The molecule has 0 amide bonds. The van der Waals surface area contributed by atoms with Crippen molar-refractivity contribution in [2.45, 2.75) is 45.3 Å². The number of hydrogen-bond acceptors (Lipinski definition) is 6. The number of aromatic nitrogens is 1. The minimum atomic E-state index is -0.423. The van der Waals surface area contributed by atoms with Gasteiger partial charge >= 0.3 is 6.15 Å². The Bertz CT molecular complexity index is 741. The van der Waals surface area contributed by atoms with E-state index in [1.807, 2.05) is 31.2 Å². The Morgan fingerprint density at radius 3 is 2.75 bits per heavy atom. The fourth-order valence-corrected chi connectivity index (χ4v) is 3.16. The quantitative estimate of drug-likeness (QED) is 0.877. The number of nitrogen functional groups attached to an aromatic ring is 1. The van der Waals surface area contributed by atoms with Crippen LogP contribution in [0.3, 0.4) is 0 Å². The van der Waals surface area contributed by atoms with Crippen molar-refractivity contribution in [3.8, 4) is 5.75 Å². The Morgan fingerprint density at radius 1 is 1.33 bits per heavy atom. The number of carbonyl (C=O) groups excluding carboxylic acids is 2. The highest BCUT2D eigenvalue weighted by atomic mass is 16.5. The standard InChI is InChI=1S/C17H22N2O2.CO2/c1-10-5-3-8-15(17(10)20)21-14-7-4-6-13-16(14)12(18)9-11(2)19-13;2-1-3/h4,6-7,9-10,15,17,20H,3,5,8H2,1-2H3,(H2,18,19);. The van der Waals surface area contributed by atoms with Gasteiger partial charge in [0.1, 0.15) is 11.9 Å². The van der Waals surface area contributed by atoms with Crippen LogP contribution >= 0.6 is 0 Å². The summed E-state index contributed by atoms with van der Waals surface area (Å²) in [6.07, 6.45) is 2.68. The lowest BCUT2D eigenvalue weighted by molar-refractivity contribution is -0.191. The van der Waals surface area contributed by atoms with Crippen molar-refractivity contribution < 1.29 is 19.4 Å². The van der Waals surface area contributed by atoms with E-state index in [9.17, 15) is 5.11 Å². The number of hydrogen-bond donors (Lipinski definition) is 2. The van der Waals surface area contributed by atoms with Crippen molar-refractivity contribution >= 4 is 22.7 Å². The molecule has 0 bridgehead atoms. The Morgan fingerprint density at radius 2 is 2.04 bits per heavy atom. The molecule has 0 spiro atoms. The van der Waals surface area contributed by atoms with Crippen LogP contribution in [0.4, 0.5) is 5.69 Å². The number of ether oxygens (including phenoxy) is 1. The topological polar surface area (TPSA) is 103 Å². The van der Waals surface area contributed by atoms with E-state index < -0.39 is 6.10 Å². The van der Waals surface area contributed by atoms with Gasteiger partial charge in [-0.25, -0.2) is 0 Å². The molecule has 3 rings (SSSR count). The summed E-state index contributed by atoms with van der Waals surface area (Å²) >= 11 is 0. The van der Waals surface area contributed by atoms with Gasteiger partial charge in [0, 0.05) is 11.4 Å². The molecule has 0 saturated heterocycles. The number of aliphatic hydroxyl groups is 1. The summed E-state index contributed by atoms with van der Waals surface area (Å²) in [5.74, 6) is 0.993. The fraction of sp³-hybridized carbons (Fsp3) is 0.444. The van der Waals surface area contributed by atoms with E-state index in [2.05, 4.69) is 11.9 Å². The second kappa shape index (κ2) is 7.90. The van der Waals surface area contributed by atoms with Crippen LogP contribution in [0, 0.1) is 12.8 Å². The lowest BCUT2D eigenvalue weighted by Gasteiger charge is -2.33. The predicted octanol–water partition coefficient (Wildman–Crippen LogP) is 2.47. The molecule has 2 aromatic rings. The third kappa shape index (κ3) is 3.91. The maximum absolute atomic E-state index is 10.3. The monoisotopic (exact) mass is 330 g/mol. The largest absolute Gasteiger partial charge is 0.487 e. The SMILES string of the molecule is Cc1cc(N)c2c(OC3CCCC(C)C3O)cccc2n1.O=C=O. The third-order valence-corrected chi connectivity index (χ3v) is 4.34. The first-order chi connectivity index (χ1) is 11.5. The lowest BCUT2D eigenvalue weighted by atomic mass is 9.86. The molecule has 1 saturated carbocycles. The van der Waals surface area contributed by atoms with E-state index in [0.717, 1.165) is 41.6 Å². The Balaban J connectivity index is 0.000000647. The molecule has 1 aromatic carbocycles. The summed E-state index contributed by atoms with van der Waals surface area (Å²) in [5.41, 5.74) is 8.54. The zero-order valence-corrected chi connectivity index (χ0v) is 13.9. The van der Waals surface area contributed by atoms with E-state index >= 15 is 0 Å². The molecule has 3 N–H and O–H groups in total. The molecule has 1 heterocycles. The van der Waals surface area contributed by atoms with Crippen LogP contribution in [0.5, 0.6) is 5.75 Å². The van der Waals surface area contributed by atoms with Crippen molar-refractivity contribution in [1.29, 1.82) is 0 Å². The number of pyridine rings is 1. The van der Waals surface area contributed by atoms with Crippen LogP contribution in [0.15, 0.2) is 24.3 Å². The number of aryl methyl sites for hydroxylation is 1. The van der Waals surface area contributed by atoms with E-state index in [-0.39, 0.29) is 18.2 Å². The summed E-state index contributed by atoms with van der Waals surface area (Å²) in [7, 11) is 0. The number of nitrogens with two attached hydrogens (primary N) is 1. The Hall–Kier alpha value is -2.43. The maximum atomic E-state index is 10.3. The molecule has 1 aliphatic rings. The first-order valence-corrected chi connectivity index (χ1v) is 7.97. The Kier molecular flexibility index (Phi) is 5.90. The predicted molar refractivity (Wildman–Crippen MR) is 89.3 cm³/mol. The van der Waals surface area contributed by atoms with Crippen LogP contribution < -0.4 is 10.5 Å². The number of nitrogens with zero attached hydrogens (tertiary/aromatic N) is 1. The summed E-state index contributed by atoms with van der Waals surface area (Å²) in [6.45, 7) is 4.00. The van der Waals surface area contributed by atoms with Crippen molar-refractivity contribution in [2.75, 3.05) is 5.73 Å². The molecule has 0 aliphatic heterocycles. The van der Waals surface area contributed by atoms with Crippen molar-refractivity contribution in [2.24, 2.45) is 5.92 Å². The van der Waals surface area contributed by atoms with Crippen molar-refractivity contribution in [1.82, 2.24) is 4.98 Å². The van der Waals surface area contributed by atoms with Gasteiger partial charge in [-0.2, -0.15) is 9.59 Å². The molecule has 24 heavy (non-hydrogen) atoms. The summed E-state index contributed by atoms with van der Waals surface area (Å²) in [5, 5.41) is 11.2. The van der Waals surface area contributed by atoms with E-state index in [0.29, 0.717) is 5.69 Å². The average Bonchev–Trinajstić information content (AvgIpc) is 2.52. The fourth-order valence-electron chi connectivity index (χ4n) is 3.16. The summed E-state index contributed by atoms with van der Waals surface area (Å²) < 4.78 is 6.10. The minimum absolute atomic E-state index is 0.167. The normalized spacial score (nSPS) is 23.0. The molecule has 6 nitrogen and oxygen atoms in total. The average molecular weight is 330 g/mol. The molecule has 128 valence electrons. The highest BCUT2D eigenvalue weighted by Gasteiger charge is 2.30. The molecule has 1 fully saturated rings. The first kappa shape index (κ1) is 17.9. The molecule has 0 radical (unpaired) electrons. The molecular formula is C18H22N2O4. The second-order valence-electron chi connectivity index (χ2n) is 6.14.